The van der Waals surface area contributed by atoms with Gasteiger partial charge in [-0.25, -0.2) is 4.98 Å². The number of rotatable bonds is 4. The van der Waals surface area contributed by atoms with Crippen molar-refractivity contribution in [2.24, 2.45) is 0 Å². The van der Waals surface area contributed by atoms with E-state index >= 15 is 0 Å². The fourth-order valence-corrected chi connectivity index (χ4v) is 1.46. The normalized spacial score (nSPS) is 10.8. The minimum atomic E-state index is 0.194. The standard InChI is InChI=1S/C10H14N4O/c1-8-7-10(11-4-2-6-15)14-9(13-8)3-5-12-14/h3,5,7,11,15H,2,4,6H2,1H3. The van der Waals surface area contributed by atoms with Crippen molar-refractivity contribution in [1.82, 2.24) is 14.6 Å². The highest BCUT2D eigenvalue weighted by Crippen LogP contribution is 2.11. The number of fused-ring (bicyclic) bond motifs is 1. The van der Waals surface area contributed by atoms with Gasteiger partial charge >= 0.3 is 0 Å². The first kappa shape index (κ1) is 9.92. The lowest BCUT2D eigenvalue weighted by Gasteiger charge is -2.08. The number of aromatic nitrogens is 3. The third-order valence-electron chi connectivity index (χ3n) is 2.13. The van der Waals surface area contributed by atoms with Crippen LogP contribution in [0.2, 0.25) is 0 Å². The molecule has 15 heavy (non-hydrogen) atoms. The first-order valence-corrected chi connectivity index (χ1v) is 4.97. The van der Waals surface area contributed by atoms with E-state index in [2.05, 4.69) is 15.4 Å². The molecule has 0 aliphatic carbocycles. The van der Waals surface area contributed by atoms with Gasteiger partial charge in [0.15, 0.2) is 5.65 Å². The highest BCUT2D eigenvalue weighted by molar-refractivity contribution is 5.48. The Morgan fingerprint density at radius 1 is 1.53 bits per heavy atom. The first-order chi connectivity index (χ1) is 7.31. The Morgan fingerprint density at radius 2 is 2.40 bits per heavy atom. The number of aliphatic hydroxyl groups is 1. The maximum Gasteiger partial charge on any atom is 0.157 e. The van der Waals surface area contributed by atoms with Gasteiger partial charge in [0.2, 0.25) is 0 Å². The average Bonchev–Trinajstić information content (AvgIpc) is 2.65. The van der Waals surface area contributed by atoms with E-state index in [-0.39, 0.29) is 6.61 Å². The molecule has 0 saturated heterocycles. The fraction of sp³-hybridized carbons (Fsp3) is 0.400. The molecule has 2 aromatic rings. The van der Waals surface area contributed by atoms with Gasteiger partial charge < -0.3 is 10.4 Å². The molecule has 2 N–H and O–H groups in total. The van der Waals surface area contributed by atoms with Crippen molar-refractivity contribution in [3.8, 4) is 0 Å². The zero-order valence-corrected chi connectivity index (χ0v) is 8.64. The fourth-order valence-electron chi connectivity index (χ4n) is 1.46. The number of anilines is 1. The summed E-state index contributed by atoms with van der Waals surface area (Å²) in [4.78, 5) is 4.34. The summed E-state index contributed by atoms with van der Waals surface area (Å²) in [5, 5.41) is 16.1. The molecule has 5 nitrogen and oxygen atoms in total. The summed E-state index contributed by atoms with van der Waals surface area (Å²) in [5.74, 6) is 0.913. The van der Waals surface area contributed by atoms with Gasteiger partial charge in [0, 0.05) is 31.0 Å². The summed E-state index contributed by atoms with van der Waals surface area (Å²) in [6.45, 7) is 2.87. The van der Waals surface area contributed by atoms with Crippen LogP contribution in [-0.4, -0.2) is 32.9 Å². The Morgan fingerprint density at radius 3 is 3.20 bits per heavy atom. The van der Waals surface area contributed by atoms with Gasteiger partial charge in [-0.05, 0) is 13.3 Å². The van der Waals surface area contributed by atoms with Crippen LogP contribution in [-0.2, 0) is 0 Å². The number of hydrogen-bond donors (Lipinski definition) is 2. The van der Waals surface area contributed by atoms with E-state index in [1.807, 2.05) is 19.1 Å². The van der Waals surface area contributed by atoms with Crippen molar-refractivity contribution >= 4 is 11.5 Å². The Balaban J connectivity index is 2.27. The van der Waals surface area contributed by atoms with E-state index < -0.39 is 0 Å². The van der Waals surface area contributed by atoms with Crippen LogP contribution in [0.5, 0.6) is 0 Å². The summed E-state index contributed by atoms with van der Waals surface area (Å²) < 4.78 is 1.75. The van der Waals surface area contributed by atoms with Crippen molar-refractivity contribution in [3.05, 3.63) is 24.0 Å². The van der Waals surface area contributed by atoms with Crippen molar-refractivity contribution in [3.63, 3.8) is 0 Å². The van der Waals surface area contributed by atoms with Crippen LogP contribution in [0.3, 0.4) is 0 Å². The zero-order chi connectivity index (χ0) is 10.7. The quantitative estimate of drug-likeness (QED) is 0.727. The second-order valence-corrected chi connectivity index (χ2v) is 3.39. The number of hydrogen-bond acceptors (Lipinski definition) is 4. The number of aliphatic hydroxyl groups excluding tert-OH is 1. The molecule has 0 amide bonds. The zero-order valence-electron chi connectivity index (χ0n) is 8.64. The molecule has 0 atom stereocenters. The van der Waals surface area contributed by atoms with Crippen LogP contribution in [0.1, 0.15) is 12.1 Å². The molecule has 0 aliphatic heterocycles. The highest BCUT2D eigenvalue weighted by Gasteiger charge is 2.02. The summed E-state index contributed by atoms with van der Waals surface area (Å²) in [5.41, 5.74) is 1.79. The molecular formula is C10H14N4O. The molecule has 0 bridgehead atoms. The Labute approximate surface area is 87.8 Å². The summed E-state index contributed by atoms with van der Waals surface area (Å²) >= 11 is 0. The molecule has 0 aromatic carbocycles. The first-order valence-electron chi connectivity index (χ1n) is 4.97. The Kier molecular flexibility index (Phi) is 2.82. The third kappa shape index (κ3) is 2.07. The van der Waals surface area contributed by atoms with Crippen molar-refractivity contribution in [1.29, 1.82) is 0 Å². The predicted molar refractivity (Wildman–Crippen MR) is 57.9 cm³/mol. The SMILES string of the molecule is Cc1cc(NCCCO)n2nccc2n1. The van der Waals surface area contributed by atoms with E-state index in [4.69, 9.17) is 5.11 Å². The lowest BCUT2D eigenvalue weighted by atomic mass is 10.4. The third-order valence-corrected chi connectivity index (χ3v) is 2.13. The number of aryl methyl sites for hydroxylation is 1. The summed E-state index contributed by atoms with van der Waals surface area (Å²) in [6.07, 6.45) is 2.45. The summed E-state index contributed by atoms with van der Waals surface area (Å²) in [7, 11) is 0. The lowest BCUT2D eigenvalue weighted by molar-refractivity contribution is 0.292. The van der Waals surface area contributed by atoms with E-state index in [0.717, 1.165) is 30.1 Å². The molecule has 0 spiro atoms. The molecule has 0 radical (unpaired) electrons. The van der Waals surface area contributed by atoms with Crippen molar-refractivity contribution < 1.29 is 5.11 Å². The van der Waals surface area contributed by atoms with E-state index in [9.17, 15) is 0 Å². The molecule has 0 unspecified atom stereocenters. The maximum atomic E-state index is 8.70. The molecule has 5 heteroatoms. The molecule has 2 aromatic heterocycles. The topological polar surface area (TPSA) is 62.5 Å². The van der Waals surface area contributed by atoms with E-state index in [0.29, 0.717) is 0 Å². The van der Waals surface area contributed by atoms with Crippen LogP contribution < -0.4 is 5.32 Å². The average molecular weight is 206 g/mol. The van der Waals surface area contributed by atoms with Crippen LogP contribution in [0.15, 0.2) is 18.3 Å². The Bertz CT molecular complexity index is 452. The van der Waals surface area contributed by atoms with E-state index in [1.165, 1.54) is 0 Å². The van der Waals surface area contributed by atoms with E-state index in [1.54, 1.807) is 10.7 Å². The van der Waals surface area contributed by atoms with Crippen LogP contribution in [0, 0.1) is 6.92 Å². The van der Waals surface area contributed by atoms with Gasteiger partial charge in [0.1, 0.15) is 5.82 Å². The molecule has 2 heterocycles. The molecule has 2 rings (SSSR count). The van der Waals surface area contributed by atoms with Crippen LogP contribution in [0.25, 0.3) is 5.65 Å². The minimum Gasteiger partial charge on any atom is -0.396 e. The minimum absolute atomic E-state index is 0.194. The monoisotopic (exact) mass is 206 g/mol. The highest BCUT2D eigenvalue weighted by atomic mass is 16.3. The largest absolute Gasteiger partial charge is 0.396 e. The predicted octanol–water partition coefficient (Wildman–Crippen LogP) is 0.832. The molecule has 0 saturated carbocycles. The van der Waals surface area contributed by atoms with Gasteiger partial charge in [-0.1, -0.05) is 0 Å². The van der Waals surface area contributed by atoms with Crippen molar-refractivity contribution in [2.45, 2.75) is 13.3 Å². The number of nitrogens with one attached hydrogen (secondary N) is 1. The molecule has 80 valence electrons. The van der Waals surface area contributed by atoms with Crippen LogP contribution in [0.4, 0.5) is 5.82 Å². The second kappa shape index (κ2) is 4.27. The van der Waals surface area contributed by atoms with Gasteiger partial charge in [-0.2, -0.15) is 9.61 Å². The maximum absolute atomic E-state index is 8.70. The lowest BCUT2D eigenvalue weighted by Crippen LogP contribution is -2.09. The molecular weight excluding hydrogens is 192 g/mol. The molecule has 0 fully saturated rings. The van der Waals surface area contributed by atoms with Gasteiger partial charge in [0.05, 0.1) is 6.20 Å². The van der Waals surface area contributed by atoms with Crippen molar-refractivity contribution in [2.75, 3.05) is 18.5 Å². The molecule has 0 aliphatic rings. The summed E-state index contributed by atoms with van der Waals surface area (Å²) in [6, 6.07) is 3.81. The van der Waals surface area contributed by atoms with Gasteiger partial charge in [-0.15, -0.1) is 0 Å². The Hall–Kier alpha value is -1.62. The van der Waals surface area contributed by atoms with Crippen LogP contribution >= 0.6 is 0 Å². The van der Waals surface area contributed by atoms with Gasteiger partial charge in [-0.3, -0.25) is 0 Å². The second-order valence-electron chi connectivity index (χ2n) is 3.39. The smallest absolute Gasteiger partial charge is 0.157 e. The number of nitrogens with zero attached hydrogens (tertiary/aromatic N) is 3. The van der Waals surface area contributed by atoms with Gasteiger partial charge in [0.25, 0.3) is 0 Å².